The summed E-state index contributed by atoms with van der Waals surface area (Å²) in [5.74, 6) is -1.01. The van der Waals surface area contributed by atoms with Gasteiger partial charge in [-0.3, -0.25) is 0 Å². The van der Waals surface area contributed by atoms with E-state index in [0.717, 1.165) is 23.3 Å². The molecular weight excluding hydrogens is 452 g/mol. The third-order valence-corrected chi connectivity index (χ3v) is 6.58. The molecule has 0 bridgehead atoms. The zero-order valence-electron chi connectivity index (χ0n) is 18.3. The molecule has 0 saturated carbocycles. The van der Waals surface area contributed by atoms with Gasteiger partial charge in [-0.05, 0) is 41.8 Å². The van der Waals surface area contributed by atoms with Gasteiger partial charge in [0.05, 0.1) is 19.8 Å². The van der Waals surface area contributed by atoms with Crippen LogP contribution in [0.5, 0.6) is 5.75 Å². The van der Waals surface area contributed by atoms with Crippen molar-refractivity contribution in [2.24, 2.45) is 0 Å². The van der Waals surface area contributed by atoms with E-state index in [4.69, 9.17) is 30.5 Å². The molecule has 9 heteroatoms. The molecular formula is C24H29ClO8. The third kappa shape index (κ3) is 4.89. The summed E-state index contributed by atoms with van der Waals surface area (Å²) in [6, 6.07) is 12.7. The number of hydrogen-bond acceptors (Lipinski definition) is 8. The van der Waals surface area contributed by atoms with Crippen LogP contribution in [0.25, 0.3) is 0 Å². The molecule has 4 N–H and O–H groups in total. The first-order valence-corrected chi connectivity index (χ1v) is 11.3. The lowest BCUT2D eigenvalue weighted by molar-refractivity contribution is -0.366. The molecule has 2 fully saturated rings. The maximum Gasteiger partial charge on any atom is 0.224 e. The summed E-state index contributed by atoms with van der Waals surface area (Å²) in [4.78, 5) is 0. The van der Waals surface area contributed by atoms with Crippen molar-refractivity contribution in [2.75, 3.05) is 26.9 Å². The van der Waals surface area contributed by atoms with Crippen molar-refractivity contribution in [3.8, 4) is 5.75 Å². The molecule has 2 saturated heterocycles. The van der Waals surface area contributed by atoms with Gasteiger partial charge in [0.25, 0.3) is 0 Å². The Morgan fingerprint density at radius 2 is 1.85 bits per heavy atom. The summed E-state index contributed by atoms with van der Waals surface area (Å²) in [7, 11) is 1.32. The Bertz CT molecular complexity index is 931. The molecule has 2 aliphatic rings. The first-order valence-electron chi connectivity index (χ1n) is 10.9. The van der Waals surface area contributed by atoms with E-state index in [1.807, 2.05) is 24.3 Å². The molecule has 2 aliphatic heterocycles. The Hall–Kier alpha value is -1.75. The average Bonchev–Trinajstić information content (AvgIpc) is 3.34. The molecule has 0 radical (unpaired) electrons. The van der Waals surface area contributed by atoms with Crippen LogP contribution in [-0.4, -0.2) is 77.9 Å². The predicted molar refractivity (Wildman–Crippen MR) is 119 cm³/mol. The van der Waals surface area contributed by atoms with Crippen LogP contribution in [-0.2, 0) is 26.4 Å². The first-order chi connectivity index (χ1) is 15.9. The summed E-state index contributed by atoms with van der Waals surface area (Å²) in [6.07, 6.45) is -4.33. The zero-order chi connectivity index (χ0) is 23.6. The van der Waals surface area contributed by atoms with E-state index in [2.05, 4.69) is 0 Å². The minimum Gasteiger partial charge on any atom is -0.488 e. The molecule has 2 aromatic rings. The largest absolute Gasteiger partial charge is 0.488 e. The van der Waals surface area contributed by atoms with Gasteiger partial charge in [-0.15, -0.1) is 0 Å². The average molecular weight is 481 g/mol. The van der Waals surface area contributed by atoms with Crippen LogP contribution < -0.4 is 4.74 Å². The number of rotatable bonds is 7. The lowest BCUT2D eigenvalue weighted by Gasteiger charge is -2.47. The topological polar surface area (TPSA) is 118 Å². The molecule has 2 heterocycles. The Morgan fingerprint density at radius 3 is 2.48 bits per heavy atom. The minimum absolute atomic E-state index is 0.0748. The highest BCUT2D eigenvalue weighted by Crippen LogP contribution is 2.40. The Kier molecular flexibility index (Phi) is 7.57. The fourth-order valence-electron chi connectivity index (χ4n) is 4.30. The van der Waals surface area contributed by atoms with Crippen molar-refractivity contribution in [2.45, 2.75) is 49.1 Å². The van der Waals surface area contributed by atoms with Crippen LogP contribution in [0, 0.1) is 0 Å². The molecule has 180 valence electrons. The zero-order valence-corrected chi connectivity index (χ0v) is 19.0. The van der Waals surface area contributed by atoms with Gasteiger partial charge in [0.15, 0.2) is 0 Å². The second kappa shape index (κ2) is 10.2. The molecule has 0 aliphatic carbocycles. The van der Waals surface area contributed by atoms with Crippen LogP contribution in [0.1, 0.15) is 23.1 Å². The maximum atomic E-state index is 10.7. The van der Waals surface area contributed by atoms with Gasteiger partial charge in [-0.1, -0.05) is 29.8 Å². The van der Waals surface area contributed by atoms with Crippen LogP contribution in [0.3, 0.4) is 0 Å². The van der Waals surface area contributed by atoms with E-state index in [1.165, 1.54) is 7.11 Å². The summed E-state index contributed by atoms with van der Waals surface area (Å²) >= 11 is 6.45. The Balaban J connectivity index is 1.57. The van der Waals surface area contributed by atoms with Gasteiger partial charge in [0.2, 0.25) is 5.79 Å². The van der Waals surface area contributed by atoms with E-state index in [0.29, 0.717) is 30.2 Å². The molecule has 8 nitrogen and oxygen atoms in total. The number of aliphatic hydroxyl groups is 4. The van der Waals surface area contributed by atoms with Crippen molar-refractivity contribution in [3.05, 3.63) is 64.2 Å². The highest BCUT2D eigenvalue weighted by molar-refractivity contribution is 6.31. The van der Waals surface area contributed by atoms with E-state index in [-0.39, 0.29) is 6.10 Å². The van der Waals surface area contributed by atoms with Crippen LogP contribution in [0.4, 0.5) is 0 Å². The SMILES string of the molecule is CO[C@]1(c2ccc(Cl)c(Cc3ccc(O[C@H]4CCOC4)cc3)c2)O[C@H](CO)[C@@H](O)[C@H](O)[C@H]1O. The quantitative estimate of drug-likeness (QED) is 0.469. The van der Waals surface area contributed by atoms with E-state index < -0.39 is 36.8 Å². The lowest BCUT2D eigenvalue weighted by Crippen LogP contribution is -2.64. The fourth-order valence-corrected chi connectivity index (χ4v) is 4.48. The molecule has 33 heavy (non-hydrogen) atoms. The summed E-state index contributed by atoms with van der Waals surface area (Å²) in [5, 5.41) is 41.3. The monoisotopic (exact) mass is 480 g/mol. The highest BCUT2D eigenvalue weighted by Gasteiger charge is 2.55. The standard InChI is InChI=1S/C24H29ClO8/c1-30-24(23(29)22(28)21(27)20(12-26)33-24)16-4-7-19(25)15(11-16)10-14-2-5-17(6-3-14)32-18-8-9-31-13-18/h2-7,11,18,20-23,26-29H,8-10,12-13H2,1H3/t18-,20+,21+,22-,23+,24+/m0/s1. The van der Waals surface area contributed by atoms with Crippen LogP contribution in [0.2, 0.25) is 5.02 Å². The Labute approximate surface area is 197 Å². The van der Waals surface area contributed by atoms with Crippen LogP contribution >= 0.6 is 11.6 Å². The molecule has 0 unspecified atom stereocenters. The van der Waals surface area contributed by atoms with Crippen molar-refractivity contribution in [1.82, 2.24) is 0 Å². The molecule has 4 rings (SSSR count). The third-order valence-electron chi connectivity index (χ3n) is 6.21. The second-order valence-electron chi connectivity index (χ2n) is 8.37. The van der Waals surface area contributed by atoms with Gasteiger partial charge in [-0.25, -0.2) is 0 Å². The number of aliphatic hydroxyl groups excluding tert-OH is 4. The molecule has 0 spiro atoms. The first kappa shape index (κ1) is 24.4. The van der Waals surface area contributed by atoms with E-state index >= 15 is 0 Å². The smallest absolute Gasteiger partial charge is 0.224 e. The van der Waals surface area contributed by atoms with Gasteiger partial charge in [0, 0.05) is 24.1 Å². The van der Waals surface area contributed by atoms with E-state index in [9.17, 15) is 20.4 Å². The molecule has 6 atom stereocenters. The molecule has 0 aromatic heterocycles. The summed E-state index contributed by atoms with van der Waals surface area (Å²) < 4.78 is 22.5. The Morgan fingerprint density at radius 1 is 1.09 bits per heavy atom. The van der Waals surface area contributed by atoms with Crippen molar-refractivity contribution in [1.29, 1.82) is 0 Å². The molecule has 0 amide bonds. The number of benzene rings is 2. The molecule has 2 aromatic carbocycles. The van der Waals surface area contributed by atoms with Crippen molar-refractivity contribution in [3.63, 3.8) is 0 Å². The second-order valence-corrected chi connectivity index (χ2v) is 8.77. The number of hydrogen-bond donors (Lipinski definition) is 4. The van der Waals surface area contributed by atoms with Gasteiger partial charge in [-0.2, -0.15) is 0 Å². The van der Waals surface area contributed by atoms with Crippen molar-refractivity contribution >= 4 is 11.6 Å². The predicted octanol–water partition coefficient (Wildman–Crippen LogP) is 1.37. The maximum absolute atomic E-state index is 10.7. The van der Waals surface area contributed by atoms with Gasteiger partial charge in [0.1, 0.15) is 36.3 Å². The van der Waals surface area contributed by atoms with Gasteiger partial charge >= 0.3 is 0 Å². The summed E-state index contributed by atoms with van der Waals surface area (Å²) in [5.41, 5.74) is 2.15. The highest BCUT2D eigenvalue weighted by atomic mass is 35.5. The van der Waals surface area contributed by atoms with Crippen LogP contribution in [0.15, 0.2) is 42.5 Å². The van der Waals surface area contributed by atoms with E-state index in [1.54, 1.807) is 18.2 Å². The minimum atomic E-state index is -1.79. The van der Waals surface area contributed by atoms with Gasteiger partial charge < -0.3 is 39.4 Å². The number of halogens is 1. The normalized spacial score (nSPS) is 32.1. The fraction of sp³-hybridized carbons (Fsp3) is 0.500. The number of methoxy groups -OCH3 is 1. The van der Waals surface area contributed by atoms with Crippen molar-refractivity contribution < 1.29 is 39.4 Å². The number of ether oxygens (including phenoxy) is 4. The lowest BCUT2D eigenvalue weighted by atomic mass is 9.87. The summed E-state index contributed by atoms with van der Waals surface area (Å²) in [6.45, 7) is 0.758.